The van der Waals surface area contributed by atoms with Crippen molar-refractivity contribution in [3.05, 3.63) is 81.2 Å². The Bertz CT molecular complexity index is 1180. The van der Waals surface area contributed by atoms with E-state index in [1.807, 2.05) is 62.4 Å². The van der Waals surface area contributed by atoms with Gasteiger partial charge in [0.2, 0.25) is 0 Å². The molecule has 4 nitrogen and oxygen atoms in total. The fourth-order valence-corrected chi connectivity index (χ4v) is 4.42. The van der Waals surface area contributed by atoms with Crippen molar-refractivity contribution >= 4 is 21.6 Å². The molecule has 136 valence electrons. The summed E-state index contributed by atoms with van der Waals surface area (Å²) in [5.74, 6) is 0.775. The fourth-order valence-electron chi connectivity index (χ4n) is 3.42. The predicted octanol–water partition coefficient (Wildman–Crippen LogP) is 4.80. The van der Waals surface area contributed by atoms with Crippen LogP contribution in [0, 0.1) is 13.8 Å². The second-order valence-electron chi connectivity index (χ2n) is 6.57. The zero-order chi connectivity index (χ0) is 19.0. The fraction of sp³-hybridized carbons (Fsp3) is 0.182. The number of ether oxygens (including phenoxy) is 1. The molecule has 5 heteroatoms. The third-order valence-electron chi connectivity index (χ3n) is 4.69. The van der Waals surface area contributed by atoms with Crippen LogP contribution in [0.15, 0.2) is 59.7 Å². The van der Waals surface area contributed by atoms with Gasteiger partial charge < -0.3 is 4.74 Å². The van der Waals surface area contributed by atoms with Crippen molar-refractivity contribution in [2.75, 3.05) is 7.11 Å². The van der Waals surface area contributed by atoms with Gasteiger partial charge in [0.15, 0.2) is 0 Å². The Morgan fingerprint density at radius 1 is 1.11 bits per heavy atom. The SMILES string of the molecule is COc1ccc(C)cc1Cn1cnc2sc(C)c(-c3ccccc3)c2c1=O. The summed E-state index contributed by atoms with van der Waals surface area (Å²) >= 11 is 1.56. The first-order valence-electron chi connectivity index (χ1n) is 8.76. The summed E-state index contributed by atoms with van der Waals surface area (Å²) in [5, 5.41) is 0.692. The molecule has 0 saturated carbocycles. The molecule has 0 N–H and O–H groups in total. The molecule has 0 amide bonds. The molecular weight excluding hydrogens is 356 g/mol. The number of aromatic nitrogens is 2. The summed E-state index contributed by atoms with van der Waals surface area (Å²) in [6.45, 7) is 4.50. The van der Waals surface area contributed by atoms with Crippen molar-refractivity contribution < 1.29 is 4.74 Å². The van der Waals surface area contributed by atoms with E-state index in [9.17, 15) is 4.79 Å². The zero-order valence-electron chi connectivity index (χ0n) is 15.5. The van der Waals surface area contributed by atoms with E-state index in [1.165, 1.54) is 0 Å². The van der Waals surface area contributed by atoms with Crippen molar-refractivity contribution in [2.24, 2.45) is 0 Å². The zero-order valence-corrected chi connectivity index (χ0v) is 16.3. The average molecular weight is 376 g/mol. The third kappa shape index (κ3) is 3.15. The van der Waals surface area contributed by atoms with E-state index >= 15 is 0 Å². The average Bonchev–Trinajstić information content (AvgIpc) is 3.02. The minimum atomic E-state index is -0.0215. The highest BCUT2D eigenvalue weighted by atomic mass is 32.1. The first-order chi connectivity index (χ1) is 13.1. The summed E-state index contributed by atoms with van der Waals surface area (Å²) in [6.07, 6.45) is 1.64. The molecule has 2 heterocycles. The summed E-state index contributed by atoms with van der Waals surface area (Å²) in [6, 6.07) is 16.0. The van der Waals surface area contributed by atoms with Gasteiger partial charge in [0.05, 0.1) is 25.4 Å². The molecule has 2 aromatic carbocycles. The van der Waals surface area contributed by atoms with Gasteiger partial charge in [0.25, 0.3) is 5.56 Å². The Morgan fingerprint density at radius 2 is 1.89 bits per heavy atom. The second kappa shape index (κ2) is 7.00. The maximum atomic E-state index is 13.3. The van der Waals surface area contributed by atoms with Gasteiger partial charge in [0, 0.05) is 16.0 Å². The van der Waals surface area contributed by atoms with Crippen molar-refractivity contribution in [3.8, 4) is 16.9 Å². The van der Waals surface area contributed by atoms with Crippen LogP contribution < -0.4 is 10.3 Å². The molecule has 27 heavy (non-hydrogen) atoms. The summed E-state index contributed by atoms with van der Waals surface area (Å²) < 4.78 is 7.13. The van der Waals surface area contributed by atoms with Gasteiger partial charge in [-0.25, -0.2) is 4.98 Å². The topological polar surface area (TPSA) is 44.1 Å². The van der Waals surface area contributed by atoms with Crippen molar-refractivity contribution in [1.82, 2.24) is 9.55 Å². The van der Waals surface area contributed by atoms with Gasteiger partial charge in [-0.15, -0.1) is 11.3 Å². The third-order valence-corrected chi connectivity index (χ3v) is 5.71. The number of aryl methyl sites for hydroxylation is 2. The smallest absolute Gasteiger partial charge is 0.263 e. The van der Waals surface area contributed by atoms with Gasteiger partial charge in [-0.2, -0.15) is 0 Å². The van der Waals surface area contributed by atoms with Crippen molar-refractivity contribution in [3.63, 3.8) is 0 Å². The highest BCUT2D eigenvalue weighted by Gasteiger charge is 2.17. The highest BCUT2D eigenvalue weighted by molar-refractivity contribution is 7.19. The molecule has 4 rings (SSSR count). The number of thiophene rings is 1. The molecule has 0 saturated heterocycles. The molecule has 0 aliphatic carbocycles. The van der Waals surface area contributed by atoms with Crippen LogP contribution in [0.2, 0.25) is 0 Å². The summed E-state index contributed by atoms with van der Waals surface area (Å²) in [7, 11) is 1.65. The van der Waals surface area contributed by atoms with Crippen LogP contribution in [0.25, 0.3) is 21.3 Å². The first-order valence-corrected chi connectivity index (χ1v) is 9.57. The Morgan fingerprint density at radius 3 is 2.63 bits per heavy atom. The maximum Gasteiger partial charge on any atom is 0.263 e. The van der Waals surface area contributed by atoms with E-state index < -0.39 is 0 Å². The number of methoxy groups -OCH3 is 1. The Balaban J connectivity index is 1.88. The van der Waals surface area contributed by atoms with Gasteiger partial charge in [-0.3, -0.25) is 9.36 Å². The van der Waals surface area contributed by atoms with E-state index in [-0.39, 0.29) is 5.56 Å². The molecule has 0 spiro atoms. The van der Waals surface area contributed by atoms with Gasteiger partial charge in [0.1, 0.15) is 10.6 Å². The monoisotopic (exact) mass is 376 g/mol. The lowest BCUT2D eigenvalue weighted by Gasteiger charge is -2.11. The van der Waals surface area contributed by atoms with Crippen LogP contribution in [0.1, 0.15) is 16.0 Å². The number of rotatable bonds is 4. The lowest BCUT2D eigenvalue weighted by atomic mass is 10.0. The first kappa shape index (κ1) is 17.5. The normalized spacial score (nSPS) is 11.1. The molecule has 4 aromatic rings. The Kier molecular flexibility index (Phi) is 4.54. The van der Waals surface area contributed by atoms with Crippen molar-refractivity contribution in [2.45, 2.75) is 20.4 Å². The minimum absolute atomic E-state index is 0.0215. The van der Waals surface area contributed by atoms with Gasteiger partial charge in [-0.05, 0) is 25.5 Å². The van der Waals surface area contributed by atoms with Crippen LogP contribution >= 0.6 is 11.3 Å². The lowest BCUT2D eigenvalue weighted by molar-refractivity contribution is 0.408. The number of hydrogen-bond acceptors (Lipinski definition) is 4. The van der Waals surface area contributed by atoms with E-state index in [0.717, 1.165) is 37.7 Å². The van der Waals surface area contributed by atoms with Crippen LogP contribution in [-0.2, 0) is 6.54 Å². The minimum Gasteiger partial charge on any atom is -0.496 e. The Hall–Kier alpha value is -2.92. The van der Waals surface area contributed by atoms with E-state index in [4.69, 9.17) is 4.74 Å². The van der Waals surface area contributed by atoms with E-state index in [1.54, 1.807) is 29.3 Å². The van der Waals surface area contributed by atoms with Crippen LogP contribution in [0.4, 0.5) is 0 Å². The van der Waals surface area contributed by atoms with Crippen LogP contribution in [0.3, 0.4) is 0 Å². The maximum absolute atomic E-state index is 13.3. The predicted molar refractivity (Wildman–Crippen MR) is 111 cm³/mol. The molecule has 0 unspecified atom stereocenters. The molecular formula is C22H20N2O2S. The molecule has 0 atom stereocenters. The molecule has 2 aromatic heterocycles. The van der Waals surface area contributed by atoms with E-state index in [0.29, 0.717) is 11.9 Å². The molecule has 0 radical (unpaired) electrons. The van der Waals surface area contributed by atoms with Gasteiger partial charge >= 0.3 is 0 Å². The van der Waals surface area contributed by atoms with Crippen molar-refractivity contribution in [1.29, 1.82) is 0 Å². The number of nitrogens with zero attached hydrogens (tertiary/aromatic N) is 2. The quantitative estimate of drug-likeness (QED) is 0.514. The van der Waals surface area contributed by atoms with Gasteiger partial charge in [-0.1, -0.05) is 48.0 Å². The number of hydrogen-bond donors (Lipinski definition) is 0. The molecule has 0 bridgehead atoms. The molecule has 0 fully saturated rings. The molecule has 0 aliphatic rings. The second-order valence-corrected chi connectivity index (χ2v) is 7.78. The largest absolute Gasteiger partial charge is 0.496 e. The summed E-state index contributed by atoms with van der Waals surface area (Å²) in [4.78, 5) is 19.8. The number of fused-ring (bicyclic) bond motifs is 1. The lowest BCUT2D eigenvalue weighted by Crippen LogP contribution is -2.21. The van der Waals surface area contributed by atoms with Crippen LogP contribution in [0.5, 0.6) is 5.75 Å². The molecule has 0 aliphatic heterocycles. The highest BCUT2D eigenvalue weighted by Crippen LogP contribution is 2.35. The standard InChI is InChI=1S/C22H20N2O2S/c1-14-9-10-18(26-3)17(11-14)12-24-13-23-21-20(22(24)25)19(15(2)27-21)16-7-5-4-6-8-16/h4-11,13H,12H2,1-3H3. The Labute approximate surface area is 161 Å². The summed E-state index contributed by atoms with van der Waals surface area (Å²) in [5.41, 5.74) is 4.11. The van der Waals surface area contributed by atoms with E-state index in [2.05, 4.69) is 4.98 Å². The number of benzene rings is 2. The van der Waals surface area contributed by atoms with Crippen LogP contribution in [-0.4, -0.2) is 16.7 Å².